The third kappa shape index (κ3) is 2.71. The third-order valence-electron chi connectivity index (χ3n) is 5.56. The van der Waals surface area contributed by atoms with Crippen molar-refractivity contribution in [3.63, 3.8) is 0 Å². The molecule has 1 saturated heterocycles. The maximum absolute atomic E-state index is 2.51. The standard InChI is InChI=1S/C17H27N/c1-18-11-9-17(10-12-18)8-7-16(14-17)13-15-5-3-2-4-6-15/h2-5,15-16H,6-14H2,1H3. The van der Waals surface area contributed by atoms with Gasteiger partial charge in [-0.05, 0) is 82.3 Å². The molecular formula is C17H27N. The van der Waals surface area contributed by atoms with E-state index in [-0.39, 0.29) is 0 Å². The Hall–Kier alpha value is -0.560. The second kappa shape index (κ2) is 5.21. The van der Waals surface area contributed by atoms with Crippen molar-refractivity contribution < 1.29 is 0 Å². The van der Waals surface area contributed by atoms with E-state index in [1.54, 1.807) is 0 Å². The zero-order valence-corrected chi connectivity index (χ0v) is 11.8. The molecule has 0 amide bonds. The summed E-state index contributed by atoms with van der Waals surface area (Å²) in [7, 11) is 2.28. The average Bonchev–Trinajstić information content (AvgIpc) is 2.78. The van der Waals surface area contributed by atoms with Gasteiger partial charge in [0.2, 0.25) is 0 Å². The van der Waals surface area contributed by atoms with Crippen LogP contribution in [0.1, 0.15) is 44.9 Å². The quantitative estimate of drug-likeness (QED) is 0.710. The Morgan fingerprint density at radius 1 is 1.17 bits per heavy atom. The molecule has 18 heavy (non-hydrogen) atoms. The average molecular weight is 245 g/mol. The molecule has 2 fully saturated rings. The minimum absolute atomic E-state index is 0.741. The molecule has 100 valence electrons. The van der Waals surface area contributed by atoms with E-state index in [0.29, 0.717) is 0 Å². The highest BCUT2D eigenvalue weighted by Gasteiger charge is 2.40. The predicted octanol–water partition coefficient (Wildman–Crippen LogP) is 4.02. The Balaban J connectivity index is 1.52. The Kier molecular flexibility index (Phi) is 3.61. The van der Waals surface area contributed by atoms with Gasteiger partial charge < -0.3 is 4.90 Å². The highest BCUT2D eigenvalue weighted by molar-refractivity contribution is 5.11. The Morgan fingerprint density at radius 3 is 2.72 bits per heavy atom. The van der Waals surface area contributed by atoms with Crippen molar-refractivity contribution in [2.24, 2.45) is 17.3 Å². The Labute approximate surface area is 112 Å². The first-order valence-corrected chi connectivity index (χ1v) is 7.78. The summed E-state index contributed by atoms with van der Waals surface area (Å²) in [6.07, 6.45) is 19.4. The molecule has 0 aromatic carbocycles. The van der Waals surface area contributed by atoms with Gasteiger partial charge in [-0.15, -0.1) is 0 Å². The van der Waals surface area contributed by atoms with Crippen molar-refractivity contribution in [1.82, 2.24) is 4.90 Å². The predicted molar refractivity (Wildman–Crippen MR) is 77.5 cm³/mol. The van der Waals surface area contributed by atoms with Gasteiger partial charge >= 0.3 is 0 Å². The molecule has 1 heteroatoms. The van der Waals surface area contributed by atoms with Crippen LogP contribution in [0.25, 0.3) is 0 Å². The lowest BCUT2D eigenvalue weighted by Crippen LogP contribution is -2.36. The number of hydrogen-bond acceptors (Lipinski definition) is 1. The highest BCUT2D eigenvalue weighted by atomic mass is 15.1. The van der Waals surface area contributed by atoms with Crippen LogP contribution in [-0.2, 0) is 0 Å². The SMILES string of the molecule is CN1CCC2(CCC(CC3C=CC=CC3)C2)CC1. The molecule has 3 aliphatic rings. The lowest BCUT2D eigenvalue weighted by atomic mass is 9.75. The van der Waals surface area contributed by atoms with Crippen LogP contribution in [0.3, 0.4) is 0 Å². The van der Waals surface area contributed by atoms with Crippen LogP contribution in [0.2, 0.25) is 0 Å². The van der Waals surface area contributed by atoms with E-state index in [4.69, 9.17) is 0 Å². The topological polar surface area (TPSA) is 3.24 Å². The molecule has 0 bridgehead atoms. The van der Waals surface area contributed by atoms with Crippen molar-refractivity contribution in [3.8, 4) is 0 Å². The molecule has 1 nitrogen and oxygen atoms in total. The maximum atomic E-state index is 2.51. The summed E-state index contributed by atoms with van der Waals surface area (Å²) in [5, 5.41) is 0. The molecule has 0 radical (unpaired) electrons. The smallest absolute Gasteiger partial charge is 0.00165 e. The first-order chi connectivity index (χ1) is 8.76. The summed E-state index contributed by atoms with van der Waals surface area (Å²) in [5.41, 5.74) is 0.741. The number of hydrogen-bond donors (Lipinski definition) is 0. The van der Waals surface area contributed by atoms with Gasteiger partial charge in [-0.3, -0.25) is 0 Å². The lowest BCUT2D eigenvalue weighted by Gasteiger charge is -2.38. The van der Waals surface area contributed by atoms with E-state index >= 15 is 0 Å². The second-order valence-corrected chi connectivity index (χ2v) is 6.96. The molecule has 1 spiro atoms. The summed E-state index contributed by atoms with van der Waals surface area (Å²) in [6.45, 7) is 2.66. The zero-order chi connectivity index (χ0) is 12.4. The summed E-state index contributed by atoms with van der Waals surface area (Å²) in [5.74, 6) is 1.84. The van der Waals surface area contributed by atoms with Gasteiger partial charge in [0.1, 0.15) is 0 Å². The van der Waals surface area contributed by atoms with Crippen molar-refractivity contribution >= 4 is 0 Å². The van der Waals surface area contributed by atoms with E-state index < -0.39 is 0 Å². The van der Waals surface area contributed by atoms with Crippen molar-refractivity contribution in [3.05, 3.63) is 24.3 Å². The van der Waals surface area contributed by atoms with Crippen molar-refractivity contribution in [2.75, 3.05) is 20.1 Å². The van der Waals surface area contributed by atoms with Gasteiger partial charge in [-0.1, -0.05) is 24.3 Å². The van der Waals surface area contributed by atoms with Crippen molar-refractivity contribution in [2.45, 2.75) is 44.9 Å². The second-order valence-electron chi connectivity index (χ2n) is 6.96. The third-order valence-corrected chi connectivity index (χ3v) is 5.56. The van der Waals surface area contributed by atoms with Crippen LogP contribution in [-0.4, -0.2) is 25.0 Å². The molecule has 0 aromatic heterocycles. The van der Waals surface area contributed by atoms with Gasteiger partial charge in [0.15, 0.2) is 0 Å². The maximum Gasteiger partial charge on any atom is -0.00165 e. The fourth-order valence-corrected chi connectivity index (χ4v) is 4.31. The zero-order valence-electron chi connectivity index (χ0n) is 11.8. The first-order valence-electron chi connectivity index (χ1n) is 7.78. The van der Waals surface area contributed by atoms with E-state index in [0.717, 1.165) is 17.3 Å². The normalized spacial score (nSPS) is 35.4. The number of nitrogens with zero attached hydrogens (tertiary/aromatic N) is 1. The van der Waals surface area contributed by atoms with Crippen LogP contribution < -0.4 is 0 Å². The van der Waals surface area contributed by atoms with Gasteiger partial charge in [-0.2, -0.15) is 0 Å². The fraction of sp³-hybridized carbons (Fsp3) is 0.765. The molecule has 1 saturated carbocycles. The van der Waals surface area contributed by atoms with E-state index in [1.165, 1.54) is 58.0 Å². The van der Waals surface area contributed by atoms with Gasteiger partial charge in [0.25, 0.3) is 0 Å². The number of piperidine rings is 1. The van der Waals surface area contributed by atoms with E-state index in [9.17, 15) is 0 Å². The molecule has 1 heterocycles. The largest absolute Gasteiger partial charge is 0.306 e. The van der Waals surface area contributed by atoms with Crippen LogP contribution in [0.15, 0.2) is 24.3 Å². The van der Waals surface area contributed by atoms with Crippen molar-refractivity contribution in [1.29, 1.82) is 0 Å². The summed E-state index contributed by atoms with van der Waals surface area (Å²) in [6, 6.07) is 0. The van der Waals surface area contributed by atoms with E-state index in [1.807, 2.05) is 0 Å². The molecule has 2 aliphatic carbocycles. The minimum Gasteiger partial charge on any atom is -0.306 e. The monoisotopic (exact) mass is 245 g/mol. The highest BCUT2D eigenvalue weighted by Crippen LogP contribution is 2.50. The minimum atomic E-state index is 0.741. The fourth-order valence-electron chi connectivity index (χ4n) is 4.31. The molecule has 1 aliphatic heterocycles. The van der Waals surface area contributed by atoms with Crippen LogP contribution in [0.4, 0.5) is 0 Å². The molecule has 3 rings (SSSR count). The number of allylic oxidation sites excluding steroid dienone is 4. The summed E-state index contributed by atoms with van der Waals surface area (Å²) in [4.78, 5) is 2.51. The molecule has 0 aromatic rings. The van der Waals surface area contributed by atoms with E-state index in [2.05, 4.69) is 36.3 Å². The first kappa shape index (κ1) is 12.5. The van der Waals surface area contributed by atoms with Gasteiger partial charge in [0, 0.05) is 0 Å². The summed E-state index contributed by atoms with van der Waals surface area (Å²) < 4.78 is 0. The Bertz CT molecular complexity index is 334. The van der Waals surface area contributed by atoms with Crippen LogP contribution in [0, 0.1) is 17.3 Å². The molecule has 0 N–H and O–H groups in total. The molecule has 2 unspecified atom stereocenters. The summed E-state index contributed by atoms with van der Waals surface area (Å²) >= 11 is 0. The number of likely N-dealkylation sites (tertiary alicyclic amines) is 1. The number of rotatable bonds is 2. The van der Waals surface area contributed by atoms with Gasteiger partial charge in [-0.25, -0.2) is 0 Å². The molecule has 2 atom stereocenters. The van der Waals surface area contributed by atoms with Gasteiger partial charge in [0.05, 0.1) is 0 Å². The Morgan fingerprint density at radius 2 is 2.00 bits per heavy atom. The lowest BCUT2D eigenvalue weighted by molar-refractivity contribution is 0.122. The molecular weight excluding hydrogens is 218 g/mol. The van der Waals surface area contributed by atoms with Crippen LogP contribution in [0.5, 0.6) is 0 Å². The van der Waals surface area contributed by atoms with Crippen LogP contribution >= 0.6 is 0 Å².